The first kappa shape index (κ1) is 32.9. The summed E-state index contributed by atoms with van der Waals surface area (Å²) in [7, 11) is 0. The van der Waals surface area contributed by atoms with Crippen LogP contribution in [0.1, 0.15) is 120 Å². The molecule has 0 bridgehead atoms. The van der Waals surface area contributed by atoms with Crippen molar-refractivity contribution in [1.29, 1.82) is 0 Å². The number of aliphatic hydroxyl groups is 1. The zero-order chi connectivity index (χ0) is 29.5. The van der Waals surface area contributed by atoms with Crippen molar-refractivity contribution in [1.82, 2.24) is 0 Å². The van der Waals surface area contributed by atoms with Crippen LogP contribution >= 0.6 is 0 Å². The molecule has 0 aromatic heterocycles. The lowest BCUT2D eigenvalue weighted by Gasteiger charge is -2.28. The van der Waals surface area contributed by atoms with Gasteiger partial charge in [-0.1, -0.05) is 72.3 Å². The van der Waals surface area contributed by atoms with E-state index in [9.17, 15) is 19.5 Å². The molecule has 2 aliphatic carbocycles. The fourth-order valence-corrected chi connectivity index (χ4v) is 5.62. The molecular formula is C34H52O5. The predicted molar refractivity (Wildman–Crippen MR) is 158 cm³/mol. The Kier molecular flexibility index (Phi) is 11.3. The van der Waals surface area contributed by atoms with E-state index in [2.05, 4.69) is 65.8 Å². The molecule has 218 valence electrons. The third kappa shape index (κ3) is 10.7. The topological polar surface area (TPSA) is 80.7 Å². The summed E-state index contributed by atoms with van der Waals surface area (Å²) in [4.78, 5) is 37.5. The van der Waals surface area contributed by atoms with Crippen molar-refractivity contribution in [2.75, 3.05) is 6.61 Å². The summed E-state index contributed by atoms with van der Waals surface area (Å²) in [5.41, 5.74) is 2.36. The third-order valence-corrected chi connectivity index (χ3v) is 7.84. The molecule has 2 rings (SSSR count). The number of hydrogen-bond acceptors (Lipinski definition) is 5. The highest BCUT2D eigenvalue weighted by Crippen LogP contribution is 2.37. The SMILES string of the molecule is CC1(C)C=C(CCCCC(C)(C)CO)C(=O)C(CCC2=CC(C)(C)C=C(CCCCC(C)(C)OC=O)C2=O)=C1. The van der Waals surface area contributed by atoms with E-state index in [1.165, 1.54) is 0 Å². The first-order valence-electron chi connectivity index (χ1n) is 14.7. The summed E-state index contributed by atoms with van der Waals surface area (Å²) in [6.07, 6.45) is 16.2. The third-order valence-electron chi connectivity index (χ3n) is 7.84. The minimum Gasteiger partial charge on any atom is -0.462 e. The molecule has 0 spiro atoms. The molecular weight excluding hydrogens is 488 g/mol. The zero-order valence-corrected chi connectivity index (χ0v) is 25.7. The van der Waals surface area contributed by atoms with Crippen molar-refractivity contribution in [3.8, 4) is 0 Å². The monoisotopic (exact) mass is 540 g/mol. The minimum atomic E-state index is -0.492. The van der Waals surface area contributed by atoms with Crippen molar-refractivity contribution in [2.24, 2.45) is 16.2 Å². The van der Waals surface area contributed by atoms with Gasteiger partial charge in [0.25, 0.3) is 6.47 Å². The van der Waals surface area contributed by atoms with Crippen LogP contribution < -0.4 is 0 Å². The van der Waals surface area contributed by atoms with Gasteiger partial charge in [-0.3, -0.25) is 14.4 Å². The van der Waals surface area contributed by atoms with E-state index in [1.807, 2.05) is 13.8 Å². The molecule has 39 heavy (non-hydrogen) atoms. The van der Waals surface area contributed by atoms with Crippen LogP contribution in [0, 0.1) is 16.2 Å². The van der Waals surface area contributed by atoms with Crippen LogP contribution in [0.15, 0.2) is 46.6 Å². The summed E-state index contributed by atoms with van der Waals surface area (Å²) in [5, 5.41) is 9.50. The van der Waals surface area contributed by atoms with Gasteiger partial charge in [0, 0.05) is 17.4 Å². The largest absolute Gasteiger partial charge is 0.462 e. The van der Waals surface area contributed by atoms with Crippen LogP contribution in [0.5, 0.6) is 0 Å². The molecule has 2 aliphatic rings. The fourth-order valence-electron chi connectivity index (χ4n) is 5.62. The molecule has 0 saturated heterocycles. The molecule has 0 fully saturated rings. The van der Waals surface area contributed by atoms with Crippen LogP contribution in [0.2, 0.25) is 0 Å². The highest BCUT2D eigenvalue weighted by atomic mass is 16.5. The second kappa shape index (κ2) is 13.4. The Balaban J connectivity index is 1.99. The normalized spacial score (nSPS) is 19.2. The quantitative estimate of drug-likeness (QED) is 0.160. The maximum absolute atomic E-state index is 13.4. The van der Waals surface area contributed by atoms with E-state index in [-0.39, 0.29) is 34.4 Å². The van der Waals surface area contributed by atoms with Crippen LogP contribution in [0.4, 0.5) is 0 Å². The van der Waals surface area contributed by atoms with Gasteiger partial charge in [0.15, 0.2) is 11.6 Å². The lowest BCUT2D eigenvalue weighted by Crippen LogP contribution is -2.23. The van der Waals surface area contributed by atoms with Crippen LogP contribution in [-0.2, 0) is 19.1 Å². The van der Waals surface area contributed by atoms with Crippen LogP contribution in [0.3, 0.4) is 0 Å². The number of allylic oxidation sites excluding steroid dienone is 8. The number of rotatable bonds is 16. The van der Waals surface area contributed by atoms with E-state index in [0.717, 1.165) is 67.2 Å². The zero-order valence-electron chi connectivity index (χ0n) is 25.7. The Morgan fingerprint density at radius 2 is 1.08 bits per heavy atom. The number of Topliss-reactive ketones (excluding diaryl/α,β-unsaturated/α-hetero) is 2. The predicted octanol–water partition coefficient (Wildman–Crippen LogP) is 7.78. The fraction of sp³-hybridized carbons (Fsp3) is 0.676. The van der Waals surface area contributed by atoms with E-state index in [0.29, 0.717) is 25.7 Å². The van der Waals surface area contributed by atoms with E-state index in [4.69, 9.17) is 4.74 Å². The Bertz CT molecular complexity index is 1030. The lowest BCUT2D eigenvalue weighted by molar-refractivity contribution is -0.140. The minimum absolute atomic E-state index is 0.0853. The first-order chi connectivity index (χ1) is 18.0. The van der Waals surface area contributed by atoms with Gasteiger partial charge in [0.2, 0.25) is 0 Å². The maximum atomic E-state index is 13.4. The summed E-state index contributed by atoms with van der Waals surface area (Å²) in [5.74, 6) is 0.220. The van der Waals surface area contributed by atoms with Crippen molar-refractivity contribution < 1.29 is 24.2 Å². The molecule has 0 radical (unpaired) electrons. The molecule has 0 aliphatic heterocycles. The number of ketones is 2. The Morgan fingerprint density at radius 3 is 1.46 bits per heavy atom. The van der Waals surface area contributed by atoms with Gasteiger partial charge in [-0.05, 0) is 99.3 Å². The maximum Gasteiger partial charge on any atom is 0.293 e. The number of carbonyl (C=O) groups is 3. The molecule has 0 unspecified atom stereocenters. The van der Waals surface area contributed by atoms with Gasteiger partial charge in [-0.15, -0.1) is 0 Å². The Hall–Kier alpha value is -2.27. The molecule has 0 aromatic carbocycles. The van der Waals surface area contributed by atoms with Crippen LogP contribution in [-0.4, -0.2) is 35.4 Å². The summed E-state index contributed by atoms with van der Waals surface area (Å²) in [6.45, 7) is 17.1. The second-order valence-corrected chi connectivity index (χ2v) is 14.2. The molecule has 0 heterocycles. The van der Waals surface area contributed by atoms with Gasteiger partial charge < -0.3 is 9.84 Å². The molecule has 1 N–H and O–H groups in total. The summed E-state index contributed by atoms with van der Waals surface area (Å²) in [6, 6.07) is 0. The highest BCUT2D eigenvalue weighted by molar-refractivity contribution is 6.11. The van der Waals surface area contributed by atoms with Crippen molar-refractivity contribution in [3.63, 3.8) is 0 Å². The molecule has 0 saturated carbocycles. The van der Waals surface area contributed by atoms with Gasteiger partial charge in [0.1, 0.15) is 5.60 Å². The van der Waals surface area contributed by atoms with Gasteiger partial charge >= 0.3 is 0 Å². The Morgan fingerprint density at radius 1 is 0.692 bits per heavy atom. The smallest absolute Gasteiger partial charge is 0.293 e. The van der Waals surface area contributed by atoms with Gasteiger partial charge in [-0.2, -0.15) is 0 Å². The van der Waals surface area contributed by atoms with Gasteiger partial charge in [-0.25, -0.2) is 0 Å². The van der Waals surface area contributed by atoms with E-state index < -0.39 is 5.60 Å². The number of carbonyl (C=O) groups excluding carboxylic acids is 3. The molecule has 0 atom stereocenters. The number of ether oxygens (including phenoxy) is 1. The standard InChI is InChI=1S/C34H52O5/c1-31(2,23-35)17-11-9-13-25-19-32(3,4)21-27(29(25)37)15-16-28-22-33(5,6)20-26(30(28)38)14-10-12-18-34(7,8)39-24-36/h19-22,24,35H,9-18,23H2,1-8H3. The number of hydrogen-bond donors (Lipinski definition) is 1. The summed E-state index contributed by atoms with van der Waals surface area (Å²) < 4.78 is 5.14. The van der Waals surface area contributed by atoms with Crippen LogP contribution in [0.25, 0.3) is 0 Å². The van der Waals surface area contributed by atoms with Crippen molar-refractivity contribution in [2.45, 2.75) is 125 Å². The van der Waals surface area contributed by atoms with Crippen molar-refractivity contribution >= 4 is 18.0 Å². The average Bonchev–Trinajstić information content (AvgIpc) is 2.82. The van der Waals surface area contributed by atoms with Gasteiger partial charge in [0.05, 0.1) is 0 Å². The second-order valence-electron chi connectivity index (χ2n) is 14.2. The molecule has 5 nitrogen and oxygen atoms in total. The Labute approximate surface area is 236 Å². The average molecular weight is 541 g/mol. The highest BCUT2D eigenvalue weighted by Gasteiger charge is 2.30. The number of unbranched alkanes of at least 4 members (excludes halogenated alkanes) is 2. The summed E-state index contributed by atoms with van der Waals surface area (Å²) >= 11 is 0. The van der Waals surface area contributed by atoms with Crippen molar-refractivity contribution in [3.05, 3.63) is 46.6 Å². The first-order valence-corrected chi connectivity index (χ1v) is 14.7. The molecule has 0 amide bonds. The van der Waals surface area contributed by atoms with E-state index in [1.54, 1.807) is 0 Å². The molecule has 0 aromatic rings. The lowest BCUT2D eigenvalue weighted by atomic mass is 9.76. The number of aliphatic hydroxyl groups excluding tert-OH is 1. The van der Waals surface area contributed by atoms with E-state index >= 15 is 0 Å². The molecule has 5 heteroatoms.